The zero-order valence-corrected chi connectivity index (χ0v) is 42.0. The van der Waals surface area contributed by atoms with Gasteiger partial charge in [-0.3, -0.25) is 14.8 Å². The first-order valence-electron chi connectivity index (χ1n) is 25.4. The fraction of sp³-hybridized carbons (Fsp3) is 0.607. The first-order chi connectivity index (χ1) is 31.5. The van der Waals surface area contributed by atoms with Crippen molar-refractivity contribution < 1.29 is 28.9 Å². The van der Waals surface area contributed by atoms with E-state index in [0.717, 1.165) is 87.0 Å². The number of epoxide rings is 1. The van der Waals surface area contributed by atoms with Crippen LogP contribution >= 0.6 is 0 Å². The number of nitrogens with zero attached hydrogens (tertiary/aromatic N) is 2. The number of aromatic nitrogens is 4. The highest BCUT2D eigenvalue weighted by Gasteiger charge is 2.50. The topological polar surface area (TPSA) is 144 Å². The summed E-state index contributed by atoms with van der Waals surface area (Å²) in [6.07, 6.45) is 14.9. The van der Waals surface area contributed by atoms with Crippen molar-refractivity contribution >= 4 is 45.5 Å². The number of aryl methyl sites for hydroxylation is 2. The Hall–Kier alpha value is -4.86. The lowest BCUT2D eigenvalue weighted by Crippen LogP contribution is -2.19. The second-order valence-corrected chi connectivity index (χ2v) is 21.0. The molecule has 3 aliphatic heterocycles. The molecule has 0 radical (unpaired) electrons. The average molecular weight is 904 g/mol. The van der Waals surface area contributed by atoms with Gasteiger partial charge in [0.2, 0.25) is 5.92 Å². The van der Waals surface area contributed by atoms with Crippen LogP contribution in [-0.4, -0.2) is 61.9 Å². The van der Waals surface area contributed by atoms with Crippen LogP contribution in [0.4, 0.5) is 0 Å². The van der Waals surface area contributed by atoms with Crippen LogP contribution in [-0.2, 0) is 18.7 Å². The zero-order valence-electron chi connectivity index (χ0n) is 42.0. The zero-order chi connectivity index (χ0) is 47.6. The monoisotopic (exact) mass is 904 g/mol. The van der Waals surface area contributed by atoms with Crippen molar-refractivity contribution in [2.75, 3.05) is 19.8 Å². The van der Waals surface area contributed by atoms with Gasteiger partial charge < -0.3 is 29.3 Å². The maximum absolute atomic E-state index is 14.2. The van der Waals surface area contributed by atoms with Crippen LogP contribution < -0.4 is 10.4 Å². The van der Waals surface area contributed by atoms with Crippen LogP contribution in [0.5, 0.6) is 0 Å². The molecule has 10 nitrogen and oxygen atoms in total. The second-order valence-electron chi connectivity index (χ2n) is 21.0. The SMILES string of the molecule is CC[C@H]1c2cc3[nH]c4c(c5nc(cc6[nH]c(cc(n2)[C@@H]1C)c(=C(C)O)c6C)[C@@H](C)[C@@H]5CCC(=O)OC/C=C(\C)CCC[C@H](C)CCC[C@H](C)CCCC(C)C)[C@@H](C(=O)[O+]1CC1)C(O)=c4c3C. The largest absolute Gasteiger partial charge is 0.535 e. The number of hydrogen-bond acceptors (Lipinski definition) is 7. The number of ether oxygens (including phenoxy) is 1. The number of aliphatic hydroxyl groups is 2. The van der Waals surface area contributed by atoms with Gasteiger partial charge in [0.05, 0.1) is 22.5 Å². The summed E-state index contributed by atoms with van der Waals surface area (Å²) in [5, 5.41) is 24.5. The van der Waals surface area contributed by atoms with E-state index < -0.39 is 5.92 Å². The molecule has 4 N–H and O–H groups in total. The summed E-state index contributed by atoms with van der Waals surface area (Å²) in [6.45, 7) is 25.1. The smallest absolute Gasteiger partial charge is 0.534 e. The maximum atomic E-state index is 14.2. The number of esters is 1. The number of aromatic amines is 2. The third-order valence-corrected chi connectivity index (χ3v) is 15.4. The Kier molecular flexibility index (Phi) is 15.6. The van der Waals surface area contributed by atoms with Gasteiger partial charge in [0, 0.05) is 79.0 Å². The van der Waals surface area contributed by atoms with Crippen molar-refractivity contribution in [1.82, 2.24) is 19.9 Å². The molecule has 8 bridgehead atoms. The number of aliphatic hydroxyl groups excluding tert-OH is 2. The van der Waals surface area contributed by atoms with Crippen LogP contribution in [0.1, 0.15) is 208 Å². The summed E-state index contributed by atoms with van der Waals surface area (Å²) in [6, 6.07) is 6.20. The normalized spacial score (nSPS) is 21.7. The summed E-state index contributed by atoms with van der Waals surface area (Å²) in [5.41, 5.74) is 10.2. The Labute approximate surface area is 393 Å². The number of allylic oxidation sites excluding steroid dienone is 1. The first kappa shape index (κ1) is 49.1. The molecule has 10 heteroatoms. The molecule has 3 aromatic heterocycles. The van der Waals surface area contributed by atoms with Gasteiger partial charge in [0.15, 0.2) is 13.2 Å². The number of nitrogens with one attached hydrogen (secondary N) is 2. The average Bonchev–Trinajstić information content (AvgIpc) is 3.69. The van der Waals surface area contributed by atoms with E-state index in [0.29, 0.717) is 41.6 Å². The summed E-state index contributed by atoms with van der Waals surface area (Å²) in [4.78, 5) is 45.5. The molecular formula is C56H79N4O6+. The molecule has 66 heavy (non-hydrogen) atoms. The molecule has 7 rings (SSSR count). The summed E-state index contributed by atoms with van der Waals surface area (Å²) in [5.74, 6) is 1.06. The lowest BCUT2D eigenvalue weighted by atomic mass is 9.84. The predicted molar refractivity (Wildman–Crippen MR) is 267 cm³/mol. The Morgan fingerprint density at radius 2 is 1.42 bits per heavy atom. The van der Waals surface area contributed by atoms with E-state index in [1.54, 1.807) is 6.92 Å². The molecule has 0 amide bonds. The molecule has 0 unspecified atom stereocenters. The Morgan fingerprint density at radius 1 is 0.818 bits per heavy atom. The number of fused-ring (bicyclic) bond motifs is 8. The highest BCUT2D eigenvalue weighted by molar-refractivity contribution is 5.97. The minimum atomic E-state index is -0.937. The fourth-order valence-electron chi connectivity index (χ4n) is 11.1. The fourth-order valence-corrected chi connectivity index (χ4v) is 11.1. The van der Waals surface area contributed by atoms with Crippen molar-refractivity contribution in [2.24, 2.45) is 17.8 Å². The molecule has 0 aromatic carbocycles. The van der Waals surface area contributed by atoms with E-state index in [-0.39, 0.29) is 60.2 Å². The lowest BCUT2D eigenvalue weighted by Gasteiger charge is -2.18. The molecule has 4 aliphatic rings. The molecule has 1 saturated heterocycles. The Balaban J connectivity index is 1.14. The molecule has 358 valence electrons. The minimum absolute atomic E-state index is 0.0248. The summed E-state index contributed by atoms with van der Waals surface area (Å²) in [7, 11) is 0. The Bertz CT molecular complexity index is 2610. The first-order valence-corrected chi connectivity index (χ1v) is 25.4. The van der Waals surface area contributed by atoms with Crippen LogP contribution in [0, 0.1) is 31.6 Å². The molecule has 0 saturated carbocycles. The number of hydrogen-bond donors (Lipinski definition) is 4. The predicted octanol–water partition coefficient (Wildman–Crippen LogP) is 12.4. The number of carbonyl (C=O) groups is 2. The highest BCUT2D eigenvalue weighted by Crippen LogP contribution is 2.47. The minimum Gasteiger partial charge on any atom is -0.535 e. The van der Waals surface area contributed by atoms with Crippen molar-refractivity contribution in [2.45, 2.75) is 183 Å². The van der Waals surface area contributed by atoms with Crippen molar-refractivity contribution in [3.05, 3.63) is 79.8 Å². The van der Waals surface area contributed by atoms with Crippen molar-refractivity contribution in [1.29, 1.82) is 0 Å². The number of rotatable bonds is 19. The van der Waals surface area contributed by atoms with Gasteiger partial charge in [-0.25, -0.2) is 0 Å². The van der Waals surface area contributed by atoms with Gasteiger partial charge in [-0.05, 0) is 107 Å². The van der Waals surface area contributed by atoms with Gasteiger partial charge in [-0.2, -0.15) is 0 Å². The van der Waals surface area contributed by atoms with Gasteiger partial charge in [-0.15, -0.1) is 0 Å². The number of H-pyrrole nitrogens is 2. The third kappa shape index (κ3) is 10.6. The van der Waals surface area contributed by atoms with E-state index in [1.807, 2.05) is 26.0 Å². The standard InChI is InChI=1S/C56H78N4O6/c1-12-40-35(7)42-30-47-49(39(11)61)37(9)44(58-47)28-43-36(8)41(22-23-48(62)65-25-24-34(6)21-15-20-33(5)19-14-18-32(4)17-13-16-31(2)3)53(59-43)51-52(56(64)66-26-27-66)55(63)50-38(10)45(60-54(50)51)29-46(40)57-42/h24,28-33,35-36,40-41,52H,12-23,25-27H2,1-11H3,(H3-,57,58,59,60,61,63)/p+1/b34-24+,43-28?,46-29?/t32-,33-,35-,36+,40-,41+,52-/m1/s1. The molecular weight excluding hydrogens is 825 g/mol. The highest BCUT2D eigenvalue weighted by atomic mass is 16.8. The molecule has 1 fully saturated rings. The van der Waals surface area contributed by atoms with Crippen LogP contribution in [0.25, 0.3) is 33.6 Å². The number of carbonyl (C=O) groups excluding carboxylic acids is 2. The van der Waals surface area contributed by atoms with Crippen LogP contribution in [0.2, 0.25) is 0 Å². The molecule has 6 heterocycles. The van der Waals surface area contributed by atoms with Crippen molar-refractivity contribution in [3.63, 3.8) is 0 Å². The van der Waals surface area contributed by atoms with Crippen LogP contribution in [0.15, 0.2) is 29.8 Å². The summed E-state index contributed by atoms with van der Waals surface area (Å²) < 4.78 is 8.53. The van der Waals surface area contributed by atoms with E-state index in [2.05, 4.69) is 81.9 Å². The van der Waals surface area contributed by atoms with Gasteiger partial charge in [0.25, 0.3) is 0 Å². The molecule has 0 spiro atoms. The van der Waals surface area contributed by atoms with E-state index in [1.165, 1.54) is 50.5 Å². The van der Waals surface area contributed by atoms with Gasteiger partial charge in [0.1, 0.15) is 12.4 Å². The Morgan fingerprint density at radius 3 is 2.08 bits per heavy atom. The van der Waals surface area contributed by atoms with E-state index >= 15 is 0 Å². The van der Waals surface area contributed by atoms with E-state index in [4.69, 9.17) is 14.7 Å². The molecule has 1 aliphatic carbocycles. The quantitative estimate of drug-likeness (QED) is 0.0406. The van der Waals surface area contributed by atoms with Crippen molar-refractivity contribution in [3.8, 4) is 0 Å². The van der Waals surface area contributed by atoms with Gasteiger partial charge >= 0.3 is 11.9 Å². The van der Waals surface area contributed by atoms with Gasteiger partial charge in [-0.1, -0.05) is 99.0 Å². The maximum Gasteiger partial charge on any atom is 0.534 e. The van der Waals surface area contributed by atoms with E-state index in [9.17, 15) is 19.8 Å². The second kappa shape index (κ2) is 21.0. The summed E-state index contributed by atoms with van der Waals surface area (Å²) >= 11 is 0. The third-order valence-electron chi connectivity index (χ3n) is 15.4. The molecule has 7 atom stereocenters. The lowest BCUT2D eigenvalue weighted by molar-refractivity contribution is -0.151. The molecule has 3 aromatic rings. The van der Waals surface area contributed by atoms with Crippen LogP contribution in [0.3, 0.4) is 0 Å².